The second-order valence-corrected chi connectivity index (χ2v) is 5.08. The van der Waals surface area contributed by atoms with Gasteiger partial charge in [0.05, 0.1) is 19.3 Å². The van der Waals surface area contributed by atoms with Gasteiger partial charge in [-0.3, -0.25) is 4.79 Å². The second kappa shape index (κ2) is 3.46. The molecule has 0 unspecified atom stereocenters. The number of nitrogens with one attached hydrogen (secondary N) is 1. The van der Waals surface area contributed by atoms with E-state index >= 15 is 0 Å². The third-order valence-corrected chi connectivity index (χ3v) is 3.94. The third-order valence-electron chi connectivity index (χ3n) is 3.94. The van der Waals surface area contributed by atoms with Crippen LogP contribution in [0.4, 0.5) is 0 Å². The fraction of sp³-hybridized carbons (Fsp3) is 0.909. The topological polar surface area (TPSA) is 41.6 Å². The van der Waals surface area contributed by atoms with Crippen LogP contribution in [0.1, 0.15) is 19.3 Å². The number of rotatable bonds is 1. The molecule has 1 amide bonds. The molecule has 4 heteroatoms. The first-order chi connectivity index (χ1) is 7.29. The zero-order valence-corrected chi connectivity index (χ0v) is 9.00. The molecule has 3 aliphatic rings. The van der Waals surface area contributed by atoms with Crippen LogP contribution >= 0.6 is 0 Å². The first-order valence-corrected chi connectivity index (χ1v) is 5.89. The molecule has 0 aromatic heterocycles. The van der Waals surface area contributed by atoms with Gasteiger partial charge in [-0.2, -0.15) is 0 Å². The predicted molar refractivity (Wildman–Crippen MR) is 55.5 cm³/mol. The van der Waals surface area contributed by atoms with Crippen molar-refractivity contribution in [2.24, 2.45) is 5.41 Å². The quantitative estimate of drug-likeness (QED) is 0.661. The molecule has 4 nitrogen and oxygen atoms in total. The van der Waals surface area contributed by atoms with Crippen molar-refractivity contribution in [3.05, 3.63) is 0 Å². The lowest BCUT2D eigenvalue weighted by Crippen LogP contribution is -2.48. The standard InChI is InChI=1S/C11H18N2O2/c14-10(13-3-5-15-6-4-13)9-7-11(1-2-11)8-12-9/h9,12H,1-8H2/t9-/m0/s1. The van der Waals surface area contributed by atoms with Crippen LogP contribution in [0.2, 0.25) is 0 Å². The first-order valence-electron chi connectivity index (χ1n) is 5.89. The first kappa shape index (κ1) is 9.60. The van der Waals surface area contributed by atoms with Crippen LogP contribution in [0, 0.1) is 5.41 Å². The summed E-state index contributed by atoms with van der Waals surface area (Å²) in [4.78, 5) is 14.1. The second-order valence-electron chi connectivity index (χ2n) is 5.08. The average Bonchev–Trinajstić information content (AvgIpc) is 2.90. The Balaban J connectivity index is 1.59. The summed E-state index contributed by atoms with van der Waals surface area (Å²) in [7, 11) is 0. The number of hydrogen-bond acceptors (Lipinski definition) is 3. The number of ether oxygens (including phenoxy) is 1. The lowest BCUT2D eigenvalue weighted by molar-refractivity contribution is -0.137. The van der Waals surface area contributed by atoms with E-state index in [9.17, 15) is 4.79 Å². The van der Waals surface area contributed by atoms with Crippen LogP contribution < -0.4 is 5.32 Å². The number of nitrogens with zero attached hydrogens (tertiary/aromatic N) is 1. The van der Waals surface area contributed by atoms with Crippen molar-refractivity contribution < 1.29 is 9.53 Å². The monoisotopic (exact) mass is 210 g/mol. The van der Waals surface area contributed by atoms with Crippen LogP contribution in [0.5, 0.6) is 0 Å². The number of carbonyl (C=O) groups excluding carboxylic acids is 1. The maximum absolute atomic E-state index is 12.1. The molecule has 1 atom stereocenters. The summed E-state index contributed by atoms with van der Waals surface area (Å²) in [6.07, 6.45) is 3.68. The van der Waals surface area contributed by atoms with E-state index < -0.39 is 0 Å². The van der Waals surface area contributed by atoms with Gasteiger partial charge >= 0.3 is 0 Å². The number of carbonyl (C=O) groups is 1. The summed E-state index contributed by atoms with van der Waals surface area (Å²) in [5.41, 5.74) is 0.507. The van der Waals surface area contributed by atoms with Crippen molar-refractivity contribution in [1.82, 2.24) is 10.2 Å². The molecule has 1 spiro atoms. The van der Waals surface area contributed by atoms with Gasteiger partial charge in [0.1, 0.15) is 0 Å². The van der Waals surface area contributed by atoms with Gasteiger partial charge in [0.15, 0.2) is 0 Å². The molecule has 1 N–H and O–H groups in total. The Labute approximate surface area is 90.0 Å². The van der Waals surface area contributed by atoms with Crippen LogP contribution in [0.25, 0.3) is 0 Å². The van der Waals surface area contributed by atoms with Crippen LogP contribution in [-0.4, -0.2) is 49.7 Å². The van der Waals surface area contributed by atoms with Gasteiger partial charge in [0.25, 0.3) is 0 Å². The number of morpholine rings is 1. The molecule has 1 saturated carbocycles. The Morgan fingerprint density at radius 1 is 1.33 bits per heavy atom. The Hall–Kier alpha value is -0.610. The van der Waals surface area contributed by atoms with E-state index in [-0.39, 0.29) is 6.04 Å². The lowest BCUT2D eigenvalue weighted by Gasteiger charge is -2.29. The molecule has 2 aliphatic heterocycles. The highest BCUT2D eigenvalue weighted by Gasteiger charge is 2.50. The lowest BCUT2D eigenvalue weighted by atomic mass is 10.0. The van der Waals surface area contributed by atoms with E-state index in [0.717, 1.165) is 26.1 Å². The van der Waals surface area contributed by atoms with Gasteiger partial charge < -0.3 is 15.0 Å². The van der Waals surface area contributed by atoms with Gasteiger partial charge in [-0.15, -0.1) is 0 Å². The minimum Gasteiger partial charge on any atom is -0.378 e. The summed E-state index contributed by atoms with van der Waals surface area (Å²) in [5, 5.41) is 3.37. The molecule has 0 aromatic carbocycles. The highest BCUT2D eigenvalue weighted by atomic mass is 16.5. The molecule has 0 aromatic rings. The summed E-state index contributed by atoms with van der Waals surface area (Å²) in [6, 6.07) is 0.0885. The minimum absolute atomic E-state index is 0.0885. The van der Waals surface area contributed by atoms with E-state index in [2.05, 4.69) is 5.32 Å². The predicted octanol–water partition coefficient (Wildman–Crippen LogP) is -0.0127. The smallest absolute Gasteiger partial charge is 0.239 e. The molecule has 2 heterocycles. The molecular weight excluding hydrogens is 192 g/mol. The number of amides is 1. The summed E-state index contributed by atoms with van der Waals surface area (Å²) < 4.78 is 5.25. The Bertz CT molecular complexity index is 270. The summed E-state index contributed by atoms with van der Waals surface area (Å²) in [6.45, 7) is 3.98. The van der Waals surface area contributed by atoms with Crippen LogP contribution in [-0.2, 0) is 9.53 Å². The van der Waals surface area contributed by atoms with Crippen molar-refractivity contribution >= 4 is 5.91 Å². The van der Waals surface area contributed by atoms with Crippen LogP contribution in [0.3, 0.4) is 0 Å². The highest BCUT2D eigenvalue weighted by molar-refractivity contribution is 5.82. The fourth-order valence-electron chi connectivity index (χ4n) is 2.65. The molecule has 0 radical (unpaired) electrons. The van der Waals surface area contributed by atoms with Gasteiger partial charge in [0.2, 0.25) is 5.91 Å². The molecule has 3 rings (SSSR count). The van der Waals surface area contributed by atoms with Gasteiger partial charge in [-0.05, 0) is 24.7 Å². The third kappa shape index (κ3) is 1.76. The Morgan fingerprint density at radius 2 is 2.07 bits per heavy atom. The van der Waals surface area contributed by atoms with Gasteiger partial charge in [-0.25, -0.2) is 0 Å². The zero-order chi connectivity index (χ0) is 10.3. The van der Waals surface area contributed by atoms with E-state index in [0.29, 0.717) is 24.5 Å². The van der Waals surface area contributed by atoms with E-state index in [1.165, 1.54) is 12.8 Å². The van der Waals surface area contributed by atoms with E-state index in [1.807, 2.05) is 4.90 Å². The highest BCUT2D eigenvalue weighted by Crippen LogP contribution is 2.51. The Kier molecular flexibility index (Phi) is 2.21. The molecule has 3 fully saturated rings. The average molecular weight is 210 g/mol. The van der Waals surface area contributed by atoms with Crippen molar-refractivity contribution in [1.29, 1.82) is 0 Å². The van der Waals surface area contributed by atoms with E-state index in [4.69, 9.17) is 4.74 Å². The van der Waals surface area contributed by atoms with Crippen molar-refractivity contribution in [3.63, 3.8) is 0 Å². The normalized spacial score (nSPS) is 33.3. The molecule has 15 heavy (non-hydrogen) atoms. The maximum atomic E-state index is 12.1. The maximum Gasteiger partial charge on any atom is 0.239 e. The SMILES string of the molecule is O=C([C@@H]1CC2(CC2)CN1)N1CCOCC1. The fourth-order valence-corrected chi connectivity index (χ4v) is 2.65. The minimum atomic E-state index is 0.0885. The van der Waals surface area contributed by atoms with Gasteiger partial charge in [-0.1, -0.05) is 0 Å². The van der Waals surface area contributed by atoms with Gasteiger partial charge in [0, 0.05) is 19.6 Å². The zero-order valence-electron chi connectivity index (χ0n) is 9.00. The molecule has 84 valence electrons. The summed E-state index contributed by atoms with van der Waals surface area (Å²) >= 11 is 0. The van der Waals surface area contributed by atoms with Crippen molar-refractivity contribution in [2.75, 3.05) is 32.8 Å². The number of hydrogen-bond donors (Lipinski definition) is 1. The largest absolute Gasteiger partial charge is 0.378 e. The van der Waals surface area contributed by atoms with Crippen molar-refractivity contribution in [2.45, 2.75) is 25.3 Å². The van der Waals surface area contributed by atoms with Crippen molar-refractivity contribution in [3.8, 4) is 0 Å². The molecule has 2 saturated heterocycles. The molecule has 0 bridgehead atoms. The Morgan fingerprint density at radius 3 is 2.67 bits per heavy atom. The van der Waals surface area contributed by atoms with Crippen LogP contribution in [0.15, 0.2) is 0 Å². The molecule has 1 aliphatic carbocycles. The van der Waals surface area contributed by atoms with E-state index in [1.54, 1.807) is 0 Å². The molecular formula is C11H18N2O2. The summed E-state index contributed by atoms with van der Waals surface area (Å²) in [5.74, 6) is 0.294.